The van der Waals surface area contributed by atoms with E-state index >= 15 is 0 Å². The largest absolute Gasteiger partial charge is 0.352 e. The average molecular weight is 260 g/mol. The van der Waals surface area contributed by atoms with Crippen molar-refractivity contribution in [2.75, 3.05) is 20.6 Å². The van der Waals surface area contributed by atoms with Gasteiger partial charge in [0.25, 0.3) is 0 Å². The van der Waals surface area contributed by atoms with Crippen molar-refractivity contribution >= 4 is 5.91 Å². The first-order valence-corrected chi connectivity index (χ1v) is 7.11. The average Bonchev–Trinajstić information content (AvgIpc) is 2.76. The first kappa shape index (κ1) is 14.1. The highest BCUT2D eigenvalue weighted by molar-refractivity contribution is 5.78. The third kappa shape index (κ3) is 4.67. The predicted molar refractivity (Wildman–Crippen MR) is 78.0 cm³/mol. The minimum atomic E-state index is 0.148. The number of rotatable bonds is 5. The van der Waals surface area contributed by atoms with Gasteiger partial charge in [-0.2, -0.15) is 0 Å². The summed E-state index contributed by atoms with van der Waals surface area (Å²) in [4.78, 5) is 13.6. The van der Waals surface area contributed by atoms with Crippen molar-refractivity contribution in [3.63, 3.8) is 0 Å². The molecular weight excluding hydrogens is 236 g/mol. The fraction of sp³-hybridized carbons (Fsp3) is 0.562. The van der Waals surface area contributed by atoms with Gasteiger partial charge in [0.1, 0.15) is 0 Å². The monoisotopic (exact) mass is 260 g/mol. The molecule has 104 valence electrons. The number of likely N-dealkylation sites (N-methyl/N-ethyl adjacent to an activating group) is 1. The maximum atomic E-state index is 11.7. The Bertz CT molecular complexity index is 402. The number of nitrogens with one attached hydrogen (secondary N) is 1. The molecule has 19 heavy (non-hydrogen) atoms. The standard InChI is InChI=1S/C16H24N2O/c1-18(2)12-16(19)17-15-9-8-14(11-15)10-13-6-4-3-5-7-13/h3-7,14-15H,8-12H2,1-2H3,(H,17,19)/t14-,15+/m0/s1. The molecule has 0 aliphatic heterocycles. The van der Waals surface area contributed by atoms with Crippen LogP contribution in [-0.4, -0.2) is 37.5 Å². The molecule has 1 aromatic rings. The molecule has 0 saturated heterocycles. The lowest BCUT2D eigenvalue weighted by atomic mass is 9.98. The number of carbonyl (C=O) groups excluding carboxylic acids is 1. The Hall–Kier alpha value is -1.35. The van der Waals surface area contributed by atoms with Crippen LogP contribution in [0.3, 0.4) is 0 Å². The summed E-state index contributed by atoms with van der Waals surface area (Å²) in [7, 11) is 3.85. The van der Waals surface area contributed by atoms with E-state index in [2.05, 4.69) is 35.6 Å². The lowest BCUT2D eigenvalue weighted by molar-refractivity contribution is -0.122. The zero-order valence-corrected chi connectivity index (χ0v) is 11.9. The van der Waals surface area contributed by atoms with Crippen molar-refractivity contribution in [2.45, 2.75) is 31.7 Å². The third-order valence-corrected chi connectivity index (χ3v) is 3.73. The van der Waals surface area contributed by atoms with Crippen LogP contribution in [0.4, 0.5) is 0 Å². The third-order valence-electron chi connectivity index (χ3n) is 3.73. The molecule has 1 amide bonds. The molecule has 0 unspecified atom stereocenters. The molecule has 1 aliphatic rings. The number of nitrogens with zero attached hydrogens (tertiary/aromatic N) is 1. The molecule has 1 saturated carbocycles. The Morgan fingerprint density at radius 1 is 1.26 bits per heavy atom. The van der Waals surface area contributed by atoms with Crippen LogP contribution in [0.2, 0.25) is 0 Å². The van der Waals surface area contributed by atoms with E-state index < -0.39 is 0 Å². The second-order valence-electron chi connectivity index (χ2n) is 5.87. The predicted octanol–water partition coefficient (Wildman–Crippen LogP) is 2.08. The van der Waals surface area contributed by atoms with Crippen molar-refractivity contribution in [3.05, 3.63) is 35.9 Å². The van der Waals surface area contributed by atoms with Gasteiger partial charge in [-0.05, 0) is 51.3 Å². The van der Waals surface area contributed by atoms with Gasteiger partial charge in [0.15, 0.2) is 0 Å². The molecule has 1 aliphatic carbocycles. The molecule has 0 heterocycles. The lowest BCUT2D eigenvalue weighted by Gasteiger charge is -2.15. The van der Waals surface area contributed by atoms with Gasteiger partial charge in [-0.25, -0.2) is 0 Å². The van der Waals surface area contributed by atoms with Crippen LogP contribution < -0.4 is 5.32 Å². The lowest BCUT2D eigenvalue weighted by Crippen LogP contribution is -2.38. The fourth-order valence-electron chi connectivity index (χ4n) is 2.90. The van der Waals surface area contributed by atoms with Gasteiger partial charge in [0.2, 0.25) is 5.91 Å². The minimum Gasteiger partial charge on any atom is -0.352 e. The number of hydrogen-bond donors (Lipinski definition) is 1. The molecule has 0 bridgehead atoms. The summed E-state index contributed by atoms with van der Waals surface area (Å²) in [5.41, 5.74) is 1.41. The second kappa shape index (κ2) is 6.71. The van der Waals surface area contributed by atoms with Gasteiger partial charge in [-0.3, -0.25) is 4.79 Å². The fourth-order valence-corrected chi connectivity index (χ4v) is 2.90. The highest BCUT2D eigenvalue weighted by Crippen LogP contribution is 2.28. The Balaban J connectivity index is 1.76. The van der Waals surface area contributed by atoms with Crippen LogP contribution in [0.15, 0.2) is 30.3 Å². The van der Waals surface area contributed by atoms with E-state index in [4.69, 9.17) is 0 Å². The highest BCUT2D eigenvalue weighted by Gasteiger charge is 2.25. The van der Waals surface area contributed by atoms with Gasteiger partial charge in [0.05, 0.1) is 6.54 Å². The topological polar surface area (TPSA) is 32.3 Å². The van der Waals surface area contributed by atoms with E-state index in [1.807, 2.05) is 19.0 Å². The Labute approximate surface area is 116 Å². The SMILES string of the molecule is CN(C)CC(=O)N[C@@H]1CC[C@@H](Cc2ccccc2)C1. The van der Waals surface area contributed by atoms with E-state index in [0.717, 1.165) is 19.3 Å². The van der Waals surface area contributed by atoms with Crippen LogP contribution in [0.5, 0.6) is 0 Å². The van der Waals surface area contributed by atoms with Crippen LogP contribution in [0.25, 0.3) is 0 Å². The summed E-state index contributed by atoms with van der Waals surface area (Å²) >= 11 is 0. The molecular formula is C16H24N2O. The van der Waals surface area contributed by atoms with Gasteiger partial charge in [0, 0.05) is 6.04 Å². The van der Waals surface area contributed by atoms with Crippen LogP contribution in [0, 0.1) is 5.92 Å². The van der Waals surface area contributed by atoms with Crippen LogP contribution in [-0.2, 0) is 11.2 Å². The molecule has 0 radical (unpaired) electrons. The first-order chi connectivity index (χ1) is 9.13. The van der Waals surface area contributed by atoms with E-state index in [-0.39, 0.29) is 5.91 Å². The molecule has 3 nitrogen and oxygen atoms in total. The molecule has 1 fully saturated rings. The second-order valence-corrected chi connectivity index (χ2v) is 5.87. The summed E-state index contributed by atoms with van der Waals surface area (Å²) in [6.07, 6.45) is 4.60. The van der Waals surface area contributed by atoms with E-state index in [1.54, 1.807) is 0 Å². The van der Waals surface area contributed by atoms with Crippen molar-refractivity contribution in [1.82, 2.24) is 10.2 Å². The smallest absolute Gasteiger partial charge is 0.234 e. The number of amides is 1. The molecule has 0 aromatic heterocycles. The normalized spacial score (nSPS) is 22.7. The summed E-state index contributed by atoms with van der Waals surface area (Å²) in [6.45, 7) is 0.486. The molecule has 2 atom stereocenters. The molecule has 0 spiro atoms. The zero-order valence-electron chi connectivity index (χ0n) is 11.9. The first-order valence-electron chi connectivity index (χ1n) is 7.11. The Morgan fingerprint density at radius 3 is 2.68 bits per heavy atom. The molecule has 1 aromatic carbocycles. The maximum Gasteiger partial charge on any atom is 0.234 e. The Kier molecular flexibility index (Phi) is 4.97. The van der Waals surface area contributed by atoms with Gasteiger partial charge < -0.3 is 10.2 Å². The van der Waals surface area contributed by atoms with Crippen LogP contribution in [0.1, 0.15) is 24.8 Å². The summed E-state index contributed by atoms with van der Waals surface area (Å²) in [5.74, 6) is 0.863. The minimum absolute atomic E-state index is 0.148. The van der Waals surface area contributed by atoms with Crippen molar-refractivity contribution in [1.29, 1.82) is 0 Å². The molecule has 2 rings (SSSR count). The van der Waals surface area contributed by atoms with E-state index in [0.29, 0.717) is 18.5 Å². The maximum absolute atomic E-state index is 11.7. The summed E-state index contributed by atoms with van der Waals surface area (Å²) in [6, 6.07) is 11.0. The van der Waals surface area contributed by atoms with Gasteiger partial charge >= 0.3 is 0 Å². The van der Waals surface area contributed by atoms with Gasteiger partial charge in [-0.1, -0.05) is 30.3 Å². The number of carbonyl (C=O) groups is 1. The highest BCUT2D eigenvalue weighted by atomic mass is 16.2. The Morgan fingerprint density at radius 2 is 2.00 bits per heavy atom. The van der Waals surface area contributed by atoms with E-state index in [9.17, 15) is 4.79 Å². The van der Waals surface area contributed by atoms with E-state index in [1.165, 1.54) is 12.0 Å². The van der Waals surface area contributed by atoms with Crippen molar-refractivity contribution in [3.8, 4) is 0 Å². The van der Waals surface area contributed by atoms with Crippen LogP contribution >= 0.6 is 0 Å². The summed E-state index contributed by atoms with van der Waals surface area (Å²) in [5, 5.41) is 3.15. The molecule has 1 N–H and O–H groups in total. The van der Waals surface area contributed by atoms with Crippen molar-refractivity contribution in [2.24, 2.45) is 5.92 Å². The summed E-state index contributed by atoms with van der Waals surface area (Å²) < 4.78 is 0. The number of hydrogen-bond acceptors (Lipinski definition) is 2. The molecule has 3 heteroatoms. The number of benzene rings is 1. The quantitative estimate of drug-likeness (QED) is 0.879. The van der Waals surface area contributed by atoms with Crippen molar-refractivity contribution < 1.29 is 4.79 Å². The zero-order chi connectivity index (χ0) is 13.7. The van der Waals surface area contributed by atoms with Gasteiger partial charge in [-0.15, -0.1) is 0 Å².